The van der Waals surface area contributed by atoms with Crippen LogP contribution in [0, 0.1) is 0 Å². The van der Waals surface area contributed by atoms with Crippen LogP contribution in [0.25, 0.3) is 6.08 Å². The van der Waals surface area contributed by atoms with E-state index < -0.39 is 0 Å². The summed E-state index contributed by atoms with van der Waals surface area (Å²) < 4.78 is 5.61. The summed E-state index contributed by atoms with van der Waals surface area (Å²) in [5.74, 6) is 0.883. The zero-order valence-corrected chi connectivity index (χ0v) is 10.3. The summed E-state index contributed by atoms with van der Waals surface area (Å²) in [6, 6.07) is 7.69. The molecule has 2 heteroatoms. The SMILES string of the molecule is CCCCCCOc1ccc(/C=C/[C]=O)cc1. The van der Waals surface area contributed by atoms with Gasteiger partial charge in [-0.05, 0) is 30.2 Å². The van der Waals surface area contributed by atoms with E-state index in [1.54, 1.807) is 12.4 Å². The molecule has 0 N–H and O–H groups in total. The van der Waals surface area contributed by atoms with Gasteiger partial charge in [0.2, 0.25) is 6.29 Å². The van der Waals surface area contributed by atoms with E-state index in [0.29, 0.717) is 0 Å². The van der Waals surface area contributed by atoms with E-state index in [1.165, 1.54) is 25.3 Å². The van der Waals surface area contributed by atoms with Crippen LogP contribution in [0.15, 0.2) is 30.3 Å². The minimum atomic E-state index is 0.775. The topological polar surface area (TPSA) is 26.3 Å². The van der Waals surface area contributed by atoms with Gasteiger partial charge in [0, 0.05) is 0 Å². The summed E-state index contributed by atoms with van der Waals surface area (Å²) >= 11 is 0. The lowest BCUT2D eigenvalue weighted by atomic mass is 10.2. The minimum absolute atomic E-state index is 0.775. The van der Waals surface area contributed by atoms with Crippen LogP contribution >= 0.6 is 0 Å². The van der Waals surface area contributed by atoms with Gasteiger partial charge in [-0.25, -0.2) is 0 Å². The molecule has 0 aliphatic rings. The first-order valence-electron chi connectivity index (χ1n) is 6.14. The zero-order valence-electron chi connectivity index (χ0n) is 10.3. The van der Waals surface area contributed by atoms with Crippen LogP contribution in [0.1, 0.15) is 38.2 Å². The third-order valence-electron chi connectivity index (χ3n) is 2.49. The molecule has 2 nitrogen and oxygen atoms in total. The Balaban J connectivity index is 2.30. The highest BCUT2D eigenvalue weighted by Crippen LogP contribution is 2.13. The second kappa shape index (κ2) is 8.57. The van der Waals surface area contributed by atoms with E-state index in [0.717, 1.165) is 24.3 Å². The van der Waals surface area contributed by atoms with Gasteiger partial charge in [-0.1, -0.05) is 44.4 Å². The lowest BCUT2D eigenvalue weighted by Gasteiger charge is -2.05. The summed E-state index contributed by atoms with van der Waals surface area (Å²) in [5.41, 5.74) is 0.978. The third-order valence-corrected chi connectivity index (χ3v) is 2.49. The van der Waals surface area contributed by atoms with Gasteiger partial charge in [-0.15, -0.1) is 0 Å². The second-order valence-corrected chi connectivity index (χ2v) is 3.93. The molecule has 91 valence electrons. The summed E-state index contributed by atoms with van der Waals surface area (Å²) in [7, 11) is 0. The van der Waals surface area contributed by atoms with Crippen molar-refractivity contribution in [3.05, 3.63) is 35.9 Å². The molecule has 0 heterocycles. The van der Waals surface area contributed by atoms with Crippen LogP contribution in [0.5, 0.6) is 5.75 Å². The number of benzene rings is 1. The Morgan fingerprint density at radius 1 is 1.18 bits per heavy atom. The van der Waals surface area contributed by atoms with Crippen LogP contribution < -0.4 is 4.74 Å². The van der Waals surface area contributed by atoms with Crippen LogP contribution in [0.2, 0.25) is 0 Å². The molecule has 1 rings (SSSR count). The van der Waals surface area contributed by atoms with Crippen LogP contribution in [0.4, 0.5) is 0 Å². The highest BCUT2D eigenvalue weighted by molar-refractivity contribution is 5.74. The highest BCUT2D eigenvalue weighted by atomic mass is 16.5. The number of hydrogen-bond acceptors (Lipinski definition) is 2. The van der Waals surface area contributed by atoms with Gasteiger partial charge in [0.15, 0.2) is 0 Å². The molecule has 0 saturated heterocycles. The van der Waals surface area contributed by atoms with Gasteiger partial charge >= 0.3 is 0 Å². The largest absolute Gasteiger partial charge is 0.494 e. The fourth-order valence-electron chi connectivity index (χ4n) is 1.52. The Morgan fingerprint density at radius 2 is 1.94 bits per heavy atom. The fourth-order valence-corrected chi connectivity index (χ4v) is 1.52. The molecular formula is C15H19O2. The first-order chi connectivity index (χ1) is 8.36. The summed E-state index contributed by atoms with van der Waals surface area (Å²) in [4.78, 5) is 10.0. The molecular weight excluding hydrogens is 212 g/mol. The Hall–Kier alpha value is -1.57. The molecule has 0 aromatic heterocycles. The molecule has 0 saturated carbocycles. The lowest BCUT2D eigenvalue weighted by Crippen LogP contribution is -1.96. The number of hydrogen-bond donors (Lipinski definition) is 0. The van der Waals surface area contributed by atoms with Gasteiger partial charge in [-0.3, -0.25) is 4.79 Å². The number of ether oxygens (including phenoxy) is 1. The van der Waals surface area contributed by atoms with E-state index in [2.05, 4.69) is 6.92 Å². The molecule has 0 atom stereocenters. The monoisotopic (exact) mass is 231 g/mol. The molecule has 0 fully saturated rings. The van der Waals surface area contributed by atoms with Crippen molar-refractivity contribution in [2.75, 3.05) is 6.61 Å². The summed E-state index contributed by atoms with van der Waals surface area (Å²) in [6.45, 7) is 2.97. The van der Waals surface area contributed by atoms with Crippen molar-refractivity contribution in [3.8, 4) is 5.75 Å². The maximum atomic E-state index is 10.0. The standard InChI is InChI=1S/C15H19O2/c1-2-3-4-5-13-17-15-10-8-14(9-11-15)7-6-12-16/h6-11H,2-5,13H2,1H3/b7-6+. The van der Waals surface area contributed by atoms with Gasteiger partial charge < -0.3 is 4.74 Å². The van der Waals surface area contributed by atoms with E-state index in [9.17, 15) is 4.79 Å². The number of rotatable bonds is 8. The molecule has 1 radical (unpaired) electrons. The average Bonchev–Trinajstić information content (AvgIpc) is 2.37. The summed E-state index contributed by atoms with van der Waals surface area (Å²) in [6.07, 6.45) is 9.66. The van der Waals surface area contributed by atoms with Crippen molar-refractivity contribution >= 4 is 12.4 Å². The van der Waals surface area contributed by atoms with E-state index >= 15 is 0 Å². The molecule has 1 aromatic rings. The molecule has 0 amide bonds. The Labute approximate surface area is 103 Å². The van der Waals surface area contributed by atoms with E-state index in [1.807, 2.05) is 24.3 Å². The predicted octanol–water partition coefficient (Wildman–Crippen LogP) is 3.77. The maximum absolute atomic E-state index is 10.0. The van der Waals surface area contributed by atoms with Gasteiger partial charge in [-0.2, -0.15) is 0 Å². The van der Waals surface area contributed by atoms with Crippen molar-refractivity contribution in [1.82, 2.24) is 0 Å². The van der Waals surface area contributed by atoms with Crippen molar-refractivity contribution in [3.63, 3.8) is 0 Å². The van der Waals surface area contributed by atoms with Crippen LogP contribution in [-0.2, 0) is 4.79 Å². The molecule has 0 bridgehead atoms. The smallest absolute Gasteiger partial charge is 0.225 e. The quantitative estimate of drug-likeness (QED) is 0.503. The van der Waals surface area contributed by atoms with E-state index in [4.69, 9.17) is 4.74 Å². The van der Waals surface area contributed by atoms with Gasteiger partial charge in [0.1, 0.15) is 5.75 Å². The molecule has 0 aliphatic carbocycles. The van der Waals surface area contributed by atoms with Crippen LogP contribution in [-0.4, -0.2) is 12.9 Å². The third kappa shape index (κ3) is 5.91. The number of allylic oxidation sites excluding steroid dienone is 1. The van der Waals surface area contributed by atoms with E-state index in [-0.39, 0.29) is 0 Å². The maximum Gasteiger partial charge on any atom is 0.225 e. The molecule has 0 spiro atoms. The lowest BCUT2D eigenvalue weighted by molar-refractivity contribution is 0.305. The Kier molecular flexibility index (Phi) is 6.80. The number of unbranched alkanes of at least 4 members (excludes halogenated alkanes) is 3. The summed E-state index contributed by atoms with van der Waals surface area (Å²) in [5, 5.41) is 0. The molecule has 0 aliphatic heterocycles. The highest BCUT2D eigenvalue weighted by Gasteiger charge is 1.94. The van der Waals surface area contributed by atoms with Crippen molar-refractivity contribution in [1.29, 1.82) is 0 Å². The first-order valence-corrected chi connectivity index (χ1v) is 6.14. The van der Waals surface area contributed by atoms with Crippen molar-refractivity contribution in [2.24, 2.45) is 0 Å². The Morgan fingerprint density at radius 3 is 2.59 bits per heavy atom. The van der Waals surface area contributed by atoms with Crippen LogP contribution in [0.3, 0.4) is 0 Å². The molecule has 17 heavy (non-hydrogen) atoms. The minimum Gasteiger partial charge on any atom is -0.494 e. The first kappa shape index (κ1) is 13.5. The zero-order chi connectivity index (χ0) is 12.3. The fraction of sp³-hybridized carbons (Fsp3) is 0.400. The molecule has 1 aromatic carbocycles. The normalized spacial score (nSPS) is 10.6. The van der Waals surface area contributed by atoms with Crippen molar-refractivity contribution in [2.45, 2.75) is 32.6 Å². The Bertz CT molecular complexity index is 338. The number of carbonyl (C=O) groups excluding carboxylic acids is 1. The van der Waals surface area contributed by atoms with Gasteiger partial charge in [0.25, 0.3) is 0 Å². The van der Waals surface area contributed by atoms with Crippen molar-refractivity contribution < 1.29 is 9.53 Å². The average molecular weight is 231 g/mol. The second-order valence-electron chi connectivity index (χ2n) is 3.93. The molecule has 0 unspecified atom stereocenters. The predicted molar refractivity (Wildman–Crippen MR) is 70.8 cm³/mol. The van der Waals surface area contributed by atoms with Gasteiger partial charge in [0.05, 0.1) is 6.61 Å².